The van der Waals surface area contributed by atoms with Crippen molar-refractivity contribution in [2.45, 2.75) is 122 Å². The minimum absolute atomic E-state index is 0.00882. The number of ether oxygens (including phenoxy) is 5. The van der Waals surface area contributed by atoms with Crippen LogP contribution in [0.15, 0.2) is 41.3 Å². The number of hydrogen-bond donors (Lipinski definition) is 5. The van der Waals surface area contributed by atoms with Gasteiger partial charge in [0, 0.05) is 52.1 Å². The summed E-state index contributed by atoms with van der Waals surface area (Å²) >= 11 is 0. The van der Waals surface area contributed by atoms with E-state index in [1.807, 2.05) is 27.7 Å². The Labute approximate surface area is 471 Å². The van der Waals surface area contributed by atoms with E-state index in [0.29, 0.717) is 25.8 Å². The van der Waals surface area contributed by atoms with Crippen LogP contribution >= 0.6 is 0 Å². The maximum absolute atomic E-state index is 14.2. The molecule has 3 rings (SSSR count). The third kappa shape index (κ3) is 20.9. The van der Waals surface area contributed by atoms with Gasteiger partial charge >= 0.3 is 0 Å². The molecule has 0 aromatic heterocycles. The predicted molar refractivity (Wildman–Crippen MR) is 295 cm³/mol. The first-order chi connectivity index (χ1) is 37.8. The van der Waals surface area contributed by atoms with E-state index < -0.39 is 82.5 Å². The van der Waals surface area contributed by atoms with Crippen molar-refractivity contribution in [2.75, 3.05) is 106 Å². The molecule has 2 aliphatic heterocycles. The molecule has 1 saturated heterocycles. The van der Waals surface area contributed by atoms with Gasteiger partial charge in [0.25, 0.3) is 21.8 Å². The number of sulfonamides is 1. The second kappa shape index (κ2) is 33.8. The molecule has 0 spiro atoms. The average Bonchev–Trinajstić information content (AvgIpc) is 4.02. The van der Waals surface area contributed by atoms with Gasteiger partial charge in [0.1, 0.15) is 6.04 Å². The van der Waals surface area contributed by atoms with E-state index in [1.54, 1.807) is 44.8 Å². The Morgan fingerprint density at radius 1 is 0.738 bits per heavy atom. The first-order valence-electron chi connectivity index (χ1n) is 27.1. The number of nitrogens with one attached hydrogen (secondary N) is 5. The Morgan fingerprint density at radius 3 is 1.88 bits per heavy atom. The van der Waals surface area contributed by atoms with Gasteiger partial charge in [-0.15, -0.1) is 0 Å². The normalized spacial score (nSPS) is 17.2. The first kappa shape index (κ1) is 68.4. The van der Waals surface area contributed by atoms with E-state index in [1.165, 1.54) is 62.5 Å². The molecule has 450 valence electrons. The topological polar surface area (TPSA) is 307 Å². The van der Waals surface area contributed by atoms with E-state index in [9.17, 15) is 51.6 Å². The van der Waals surface area contributed by atoms with Crippen LogP contribution in [0.2, 0.25) is 0 Å². The smallest absolute Gasteiger partial charge is 0.264 e. The van der Waals surface area contributed by atoms with Crippen LogP contribution in [0.4, 0.5) is 5.69 Å². The molecule has 2 heterocycles. The van der Waals surface area contributed by atoms with Gasteiger partial charge in [-0.3, -0.25) is 53.0 Å². The molecule has 80 heavy (non-hydrogen) atoms. The molecule has 25 nitrogen and oxygen atoms in total. The number of amides is 9. The molecule has 0 radical (unpaired) electrons. The maximum Gasteiger partial charge on any atom is 0.264 e. The fraction of sp³-hybridized carbons (Fsp3) is 0.685. The van der Waals surface area contributed by atoms with Gasteiger partial charge in [0.15, 0.2) is 0 Å². The second-order valence-electron chi connectivity index (χ2n) is 20.8. The van der Waals surface area contributed by atoms with E-state index in [2.05, 4.69) is 26.0 Å². The van der Waals surface area contributed by atoms with Crippen molar-refractivity contribution in [3.05, 3.63) is 36.4 Å². The summed E-state index contributed by atoms with van der Waals surface area (Å²) in [4.78, 5) is 122. The third-order valence-corrected chi connectivity index (χ3v) is 15.5. The summed E-state index contributed by atoms with van der Waals surface area (Å²) < 4.78 is 57.1. The van der Waals surface area contributed by atoms with Gasteiger partial charge < -0.3 is 54.8 Å². The Hall–Kier alpha value is -5.90. The summed E-state index contributed by atoms with van der Waals surface area (Å²) in [7, 11) is 3.66. The minimum Gasteiger partial charge on any atom is -0.379 e. The van der Waals surface area contributed by atoms with E-state index >= 15 is 0 Å². The molecular formula is C54H87N9O16S. The van der Waals surface area contributed by atoms with Gasteiger partial charge in [0.2, 0.25) is 41.4 Å². The number of methoxy groups -OCH3 is 2. The monoisotopic (exact) mass is 1150 g/mol. The lowest BCUT2D eigenvalue weighted by Crippen LogP contribution is -2.55. The fourth-order valence-corrected chi connectivity index (χ4v) is 10.7. The summed E-state index contributed by atoms with van der Waals surface area (Å²) in [6.07, 6.45) is 2.35. The van der Waals surface area contributed by atoms with Gasteiger partial charge in [-0.1, -0.05) is 54.9 Å². The number of likely N-dealkylation sites (N-methyl/N-ethyl adjacent to an activating group) is 2. The molecule has 8 atom stereocenters. The Morgan fingerprint density at radius 2 is 1.32 bits per heavy atom. The number of anilines is 1. The summed E-state index contributed by atoms with van der Waals surface area (Å²) in [5.74, 6) is -5.71. The zero-order chi connectivity index (χ0) is 59.9. The van der Waals surface area contributed by atoms with Crippen LogP contribution in [0, 0.1) is 23.7 Å². The molecule has 5 N–H and O–H groups in total. The van der Waals surface area contributed by atoms with Crippen molar-refractivity contribution >= 4 is 68.9 Å². The largest absolute Gasteiger partial charge is 0.379 e. The van der Waals surface area contributed by atoms with Crippen molar-refractivity contribution < 1.29 is 75.3 Å². The van der Waals surface area contributed by atoms with Gasteiger partial charge in [-0.2, -0.15) is 0 Å². The third-order valence-electron chi connectivity index (χ3n) is 14.1. The molecule has 0 saturated carbocycles. The molecule has 0 aliphatic carbocycles. The molecule has 1 fully saturated rings. The lowest BCUT2D eigenvalue weighted by Gasteiger charge is -2.39. The molecule has 1 aromatic rings. The van der Waals surface area contributed by atoms with Crippen LogP contribution < -0.4 is 26.0 Å². The summed E-state index contributed by atoms with van der Waals surface area (Å²) in [5, 5.41) is 10.5. The fourth-order valence-electron chi connectivity index (χ4n) is 9.63. The van der Waals surface area contributed by atoms with Crippen LogP contribution in [0.1, 0.15) is 80.6 Å². The second-order valence-corrected chi connectivity index (χ2v) is 22.5. The quantitative estimate of drug-likeness (QED) is 0.0456. The molecule has 9 amide bonds. The zero-order valence-corrected chi connectivity index (χ0v) is 49.4. The van der Waals surface area contributed by atoms with Gasteiger partial charge in [-0.05, 0) is 69.0 Å². The molecule has 2 unspecified atom stereocenters. The predicted octanol–water partition coefficient (Wildman–Crippen LogP) is 0.675. The number of rotatable bonds is 36. The Balaban J connectivity index is 1.48. The maximum atomic E-state index is 14.2. The summed E-state index contributed by atoms with van der Waals surface area (Å²) in [5.41, 5.74) is 0.192. The number of carbonyl (C=O) groups excluding carboxylic acids is 9. The average molecular weight is 1150 g/mol. The number of hydrogen-bond acceptors (Lipinski definition) is 17. The van der Waals surface area contributed by atoms with Crippen molar-refractivity contribution in [2.24, 2.45) is 23.7 Å². The highest BCUT2D eigenvalue weighted by Gasteiger charge is 2.43. The van der Waals surface area contributed by atoms with Gasteiger partial charge in [-0.25, -0.2) is 13.1 Å². The molecule has 2 aliphatic rings. The van der Waals surface area contributed by atoms with E-state index in [4.69, 9.17) is 23.7 Å². The van der Waals surface area contributed by atoms with Crippen molar-refractivity contribution in [3.63, 3.8) is 0 Å². The highest BCUT2D eigenvalue weighted by atomic mass is 32.2. The minimum atomic E-state index is -4.44. The molecule has 1 aromatic carbocycles. The van der Waals surface area contributed by atoms with Crippen LogP contribution in [-0.2, 0) is 76.9 Å². The number of imide groups is 1. The van der Waals surface area contributed by atoms with Crippen LogP contribution in [0.5, 0.6) is 0 Å². The molecule has 0 bridgehead atoms. The number of nitrogens with zero attached hydrogens (tertiary/aromatic N) is 4. The molecule has 26 heteroatoms. The highest BCUT2D eigenvalue weighted by molar-refractivity contribution is 7.90. The lowest BCUT2D eigenvalue weighted by atomic mass is 9.90. The van der Waals surface area contributed by atoms with Crippen molar-refractivity contribution in [3.8, 4) is 0 Å². The Bertz CT molecular complexity index is 2360. The standard InChI is InChI=1S/C54H87N9O16S/c1-13-36(6)50(61(10)47(69)33-56-54(72)49(35(4)5)60(8)9)41(75-11)31-46(68)62-23-14-15-40(62)51(76-12)37(7)52(70)59-80(73,74)39-18-16-38(17-19-39)57-43(65)32-55-53(71)48(34(2)3)58-42(64)22-25-77-27-29-79-30-28-78-26-24-63-44(66)20-21-45(63)67/h16-21,34-37,40-41,48-51H,13-15,22-33H2,1-12H3,(H,55,71)(H,56,72)(H,57,65)(H,58,64)(H,59,70)/t36-,37+,40-,41+,48?,49?,50-,51+/m0/s1. The summed E-state index contributed by atoms with van der Waals surface area (Å²) in [6.45, 7) is 13.7. The number of carbonyl (C=O) groups is 9. The van der Waals surface area contributed by atoms with Gasteiger partial charge in [0.05, 0.1) is 107 Å². The molecular weight excluding hydrogens is 1060 g/mol. The SMILES string of the molecule is CC[C@H](C)[C@@H]([C@@H](CC(=O)N1CCC[C@H]1[C@H](OC)[C@@H](C)C(=O)NS(=O)(=O)c1ccc(NC(=O)CNC(=O)C(NC(=O)CCOCCOCCOCCN2C(=O)C=CC2=O)C(C)C)cc1)OC)N(C)C(=O)CNC(=O)C(C(C)C)N(C)C. The Kier molecular flexibility index (Phi) is 28.9. The number of benzene rings is 1. The summed E-state index contributed by atoms with van der Waals surface area (Å²) in [6, 6.07) is 2.48. The highest BCUT2D eigenvalue weighted by Crippen LogP contribution is 2.30. The zero-order valence-electron chi connectivity index (χ0n) is 48.6. The lowest BCUT2D eigenvalue weighted by molar-refractivity contribution is -0.145. The van der Waals surface area contributed by atoms with Crippen molar-refractivity contribution in [1.29, 1.82) is 0 Å². The number of likely N-dealkylation sites (tertiary alicyclic amines) is 1. The van der Waals surface area contributed by atoms with Crippen molar-refractivity contribution in [1.82, 2.24) is 40.3 Å². The van der Waals surface area contributed by atoms with E-state index in [0.717, 1.165) is 4.90 Å². The van der Waals surface area contributed by atoms with Crippen LogP contribution in [-0.4, -0.2) is 219 Å². The van der Waals surface area contributed by atoms with Crippen LogP contribution in [0.3, 0.4) is 0 Å². The van der Waals surface area contributed by atoms with Crippen LogP contribution in [0.25, 0.3) is 0 Å². The van der Waals surface area contributed by atoms with E-state index in [-0.39, 0.29) is 123 Å². The first-order valence-corrected chi connectivity index (χ1v) is 28.6.